The van der Waals surface area contributed by atoms with Gasteiger partial charge in [-0.25, -0.2) is 0 Å². The van der Waals surface area contributed by atoms with Gasteiger partial charge in [-0.2, -0.15) is 0 Å². The zero-order chi connectivity index (χ0) is 12.1. The maximum atomic E-state index is 11.6. The van der Waals surface area contributed by atoms with Crippen LogP contribution < -0.4 is 5.32 Å². The zero-order valence-electron chi connectivity index (χ0n) is 8.95. The van der Waals surface area contributed by atoms with Crippen LogP contribution in [0.5, 0.6) is 0 Å². The molecule has 1 aromatic heterocycles. The van der Waals surface area contributed by atoms with E-state index in [-0.39, 0.29) is 12.5 Å². The first kappa shape index (κ1) is 12.8. The summed E-state index contributed by atoms with van der Waals surface area (Å²) in [5, 5.41) is 2.59. The van der Waals surface area contributed by atoms with Crippen molar-refractivity contribution in [1.29, 1.82) is 0 Å². The van der Waals surface area contributed by atoms with Gasteiger partial charge in [0, 0.05) is 6.54 Å². The fraction of sp³-hybridized carbons (Fsp3) is 0.400. The standard InChI is InChI=1S/C10H12BrNO4/c1-6-7(3-4-16-6)9(13)12-5-8(11)10(14)15-2/h3-4,8H,5H2,1-2H3,(H,12,13). The molecule has 0 saturated heterocycles. The highest BCUT2D eigenvalue weighted by molar-refractivity contribution is 9.10. The lowest BCUT2D eigenvalue weighted by Gasteiger charge is -2.08. The minimum Gasteiger partial charge on any atom is -0.469 e. The Morgan fingerprint density at radius 3 is 2.81 bits per heavy atom. The number of rotatable bonds is 4. The van der Waals surface area contributed by atoms with Gasteiger partial charge in [-0.1, -0.05) is 15.9 Å². The van der Waals surface area contributed by atoms with E-state index >= 15 is 0 Å². The Morgan fingerprint density at radius 2 is 2.31 bits per heavy atom. The fourth-order valence-corrected chi connectivity index (χ4v) is 1.46. The molecule has 5 nitrogen and oxygen atoms in total. The second kappa shape index (κ2) is 5.69. The summed E-state index contributed by atoms with van der Waals surface area (Å²) in [6, 6.07) is 1.58. The maximum Gasteiger partial charge on any atom is 0.321 e. The SMILES string of the molecule is COC(=O)C(Br)CNC(=O)c1ccoc1C. The number of carbonyl (C=O) groups is 2. The van der Waals surface area contributed by atoms with Crippen LogP contribution in [0.25, 0.3) is 0 Å². The van der Waals surface area contributed by atoms with Crippen molar-refractivity contribution < 1.29 is 18.7 Å². The minimum absolute atomic E-state index is 0.163. The van der Waals surface area contributed by atoms with Gasteiger partial charge >= 0.3 is 5.97 Å². The largest absolute Gasteiger partial charge is 0.469 e. The summed E-state index contributed by atoms with van der Waals surface area (Å²) in [4.78, 5) is 22.1. The molecule has 0 fully saturated rings. The molecule has 1 atom stereocenters. The monoisotopic (exact) mass is 289 g/mol. The van der Waals surface area contributed by atoms with E-state index < -0.39 is 10.8 Å². The molecule has 0 bridgehead atoms. The topological polar surface area (TPSA) is 68.5 Å². The summed E-state index contributed by atoms with van der Waals surface area (Å²) < 4.78 is 9.50. The number of amides is 1. The summed E-state index contributed by atoms with van der Waals surface area (Å²) in [6.07, 6.45) is 1.44. The van der Waals surface area contributed by atoms with Gasteiger partial charge in [0.1, 0.15) is 10.6 Å². The number of furan rings is 1. The number of aryl methyl sites for hydroxylation is 1. The number of nitrogens with one attached hydrogen (secondary N) is 1. The number of hydrogen-bond donors (Lipinski definition) is 1. The molecule has 16 heavy (non-hydrogen) atoms. The molecule has 0 aliphatic heterocycles. The highest BCUT2D eigenvalue weighted by Crippen LogP contribution is 2.08. The van der Waals surface area contributed by atoms with Crippen LogP contribution in [-0.2, 0) is 9.53 Å². The van der Waals surface area contributed by atoms with Gasteiger partial charge in [-0.3, -0.25) is 9.59 Å². The Kier molecular flexibility index (Phi) is 4.54. The number of esters is 1. The van der Waals surface area contributed by atoms with Gasteiger partial charge in [0.25, 0.3) is 5.91 Å². The first-order chi connectivity index (χ1) is 7.56. The highest BCUT2D eigenvalue weighted by atomic mass is 79.9. The molecule has 1 heterocycles. The normalized spacial score (nSPS) is 11.9. The fourth-order valence-electron chi connectivity index (χ4n) is 1.11. The number of alkyl halides is 1. The van der Waals surface area contributed by atoms with Crippen molar-refractivity contribution in [3.05, 3.63) is 23.7 Å². The van der Waals surface area contributed by atoms with Crippen LogP contribution in [0, 0.1) is 6.92 Å². The van der Waals surface area contributed by atoms with Crippen LogP contribution >= 0.6 is 15.9 Å². The van der Waals surface area contributed by atoms with Gasteiger partial charge in [-0.15, -0.1) is 0 Å². The maximum absolute atomic E-state index is 11.6. The lowest BCUT2D eigenvalue weighted by Crippen LogP contribution is -2.34. The van der Waals surface area contributed by atoms with E-state index in [1.807, 2.05) is 0 Å². The van der Waals surface area contributed by atoms with E-state index in [4.69, 9.17) is 4.42 Å². The van der Waals surface area contributed by atoms with Crippen molar-refractivity contribution in [2.24, 2.45) is 0 Å². The van der Waals surface area contributed by atoms with E-state index in [1.54, 1.807) is 13.0 Å². The predicted molar refractivity (Wildman–Crippen MR) is 60.5 cm³/mol. The lowest BCUT2D eigenvalue weighted by atomic mass is 10.2. The summed E-state index contributed by atoms with van der Waals surface area (Å²) in [5.41, 5.74) is 0.463. The predicted octanol–water partition coefficient (Wildman–Crippen LogP) is 1.25. The van der Waals surface area contributed by atoms with Crippen molar-refractivity contribution in [2.75, 3.05) is 13.7 Å². The molecule has 88 valence electrons. The average Bonchev–Trinajstić information content (AvgIpc) is 2.70. The van der Waals surface area contributed by atoms with Crippen LogP contribution in [-0.4, -0.2) is 30.4 Å². The second-order valence-corrected chi connectivity index (χ2v) is 4.20. The number of hydrogen-bond acceptors (Lipinski definition) is 4. The van der Waals surface area contributed by atoms with E-state index in [0.717, 1.165) is 0 Å². The molecule has 1 rings (SSSR count). The van der Waals surface area contributed by atoms with Crippen molar-refractivity contribution >= 4 is 27.8 Å². The number of ether oxygens (including phenoxy) is 1. The first-order valence-electron chi connectivity index (χ1n) is 4.60. The Labute approximate surface area is 101 Å². The van der Waals surface area contributed by atoms with Gasteiger partial charge < -0.3 is 14.5 Å². The van der Waals surface area contributed by atoms with Crippen LogP contribution in [0.4, 0.5) is 0 Å². The molecule has 0 saturated carbocycles. The smallest absolute Gasteiger partial charge is 0.321 e. The van der Waals surface area contributed by atoms with E-state index in [9.17, 15) is 9.59 Å². The Morgan fingerprint density at radius 1 is 1.62 bits per heavy atom. The van der Waals surface area contributed by atoms with Crippen molar-refractivity contribution in [3.8, 4) is 0 Å². The number of halogens is 1. The summed E-state index contributed by atoms with van der Waals surface area (Å²) in [6.45, 7) is 1.86. The van der Waals surface area contributed by atoms with Gasteiger partial charge in [0.15, 0.2) is 0 Å². The van der Waals surface area contributed by atoms with Crippen LogP contribution in [0.15, 0.2) is 16.7 Å². The first-order valence-corrected chi connectivity index (χ1v) is 5.52. The molecule has 0 aromatic carbocycles. The molecule has 1 N–H and O–H groups in total. The number of carbonyl (C=O) groups excluding carboxylic acids is 2. The Balaban J connectivity index is 2.48. The van der Waals surface area contributed by atoms with Gasteiger partial charge in [0.05, 0.1) is 18.9 Å². The molecule has 1 aromatic rings. The third-order valence-corrected chi connectivity index (χ3v) is 2.70. The quantitative estimate of drug-likeness (QED) is 0.669. The molecule has 6 heteroatoms. The molecular weight excluding hydrogens is 278 g/mol. The van der Waals surface area contributed by atoms with E-state index in [0.29, 0.717) is 11.3 Å². The number of methoxy groups -OCH3 is 1. The van der Waals surface area contributed by atoms with E-state index in [2.05, 4.69) is 26.0 Å². The molecule has 0 aliphatic rings. The van der Waals surface area contributed by atoms with Crippen molar-refractivity contribution in [2.45, 2.75) is 11.8 Å². The van der Waals surface area contributed by atoms with Crippen molar-refractivity contribution in [1.82, 2.24) is 5.32 Å². The Bertz CT molecular complexity index is 388. The second-order valence-electron chi connectivity index (χ2n) is 3.09. The van der Waals surface area contributed by atoms with E-state index in [1.165, 1.54) is 13.4 Å². The van der Waals surface area contributed by atoms with Crippen LogP contribution in [0.3, 0.4) is 0 Å². The molecule has 0 aliphatic carbocycles. The molecule has 1 amide bonds. The summed E-state index contributed by atoms with van der Waals surface area (Å²) in [7, 11) is 1.29. The van der Waals surface area contributed by atoms with Crippen molar-refractivity contribution in [3.63, 3.8) is 0 Å². The lowest BCUT2D eigenvalue weighted by molar-refractivity contribution is -0.139. The van der Waals surface area contributed by atoms with Gasteiger partial charge in [-0.05, 0) is 13.0 Å². The zero-order valence-corrected chi connectivity index (χ0v) is 10.5. The Hall–Kier alpha value is -1.30. The molecule has 0 spiro atoms. The van der Waals surface area contributed by atoms with Crippen LogP contribution in [0.2, 0.25) is 0 Å². The minimum atomic E-state index is -0.548. The molecular formula is C10H12BrNO4. The molecule has 1 unspecified atom stereocenters. The van der Waals surface area contributed by atoms with Crippen LogP contribution in [0.1, 0.15) is 16.1 Å². The van der Waals surface area contributed by atoms with Gasteiger partial charge in [0.2, 0.25) is 0 Å². The summed E-state index contributed by atoms with van der Waals surface area (Å²) in [5.74, 6) is -0.162. The summed E-state index contributed by atoms with van der Waals surface area (Å²) >= 11 is 3.10. The third kappa shape index (κ3) is 3.10. The highest BCUT2D eigenvalue weighted by Gasteiger charge is 2.17. The average molecular weight is 290 g/mol. The molecule has 0 radical (unpaired) electrons. The third-order valence-electron chi connectivity index (χ3n) is 2.00.